The highest BCUT2D eigenvalue weighted by Crippen LogP contribution is 2.29. The number of furan rings is 1. The van der Waals surface area contributed by atoms with Gasteiger partial charge in [-0.15, -0.1) is 0 Å². The van der Waals surface area contributed by atoms with Gasteiger partial charge in [-0.05, 0) is 27.8 Å². The Balaban J connectivity index is 2.37. The van der Waals surface area contributed by atoms with Crippen molar-refractivity contribution in [3.8, 4) is 0 Å². The van der Waals surface area contributed by atoms with Gasteiger partial charge in [-0.25, -0.2) is 0 Å². The van der Waals surface area contributed by atoms with Crippen LogP contribution in [0.25, 0.3) is 11.6 Å². The van der Waals surface area contributed by atoms with Crippen molar-refractivity contribution in [1.29, 1.82) is 0 Å². The van der Waals surface area contributed by atoms with Gasteiger partial charge in [0.05, 0.1) is 6.26 Å². The second kappa shape index (κ2) is 2.48. The van der Waals surface area contributed by atoms with Crippen molar-refractivity contribution in [3.05, 3.63) is 45.2 Å². The molecule has 64 valence electrons. The van der Waals surface area contributed by atoms with E-state index >= 15 is 0 Å². The topological polar surface area (TPSA) is 13.1 Å². The molecule has 0 saturated heterocycles. The van der Waals surface area contributed by atoms with Crippen LogP contribution in [0.1, 0.15) is 6.42 Å². The van der Waals surface area contributed by atoms with Gasteiger partial charge in [0, 0.05) is 11.6 Å². The summed E-state index contributed by atoms with van der Waals surface area (Å²) >= 11 is 3.52. The van der Waals surface area contributed by atoms with Crippen LogP contribution in [0.5, 0.6) is 0 Å². The summed E-state index contributed by atoms with van der Waals surface area (Å²) in [7, 11) is 0. The minimum Gasteiger partial charge on any atom is -0.464 e. The molecule has 1 aromatic rings. The van der Waals surface area contributed by atoms with Crippen LogP contribution in [-0.4, -0.2) is 0 Å². The summed E-state index contributed by atoms with van der Waals surface area (Å²) in [6.45, 7) is 0. The van der Waals surface area contributed by atoms with E-state index in [2.05, 4.69) is 34.2 Å². The molecule has 0 unspecified atom stereocenters. The zero-order valence-electron chi connectivity index (χ0n) is 6.88. The molecular weight excluding hydrogens is 228 g/mol. The van der Waals surface area contributed by atoms with Gasteiger partial charge in [0.2, 0.25) is 0 Å². The van der Waals surface area contributed by atoms with Gasteiger partial charge in [0.1, 0.15) is 5.42 Å². The molecule has 2 heteroatoms. The molecule has 2 aliphatic carbocycles. The third-order valence-corrected chi connectivity index (χ3v) is 2.99. The lowest BCUT2D eigenvalue weighted by Crippen LogP contribution is -2.17. The summed E-state index contributed by atoms with van der Waals surface area (Å²) in [5.74, 6) is 0. The molecule has 1 heterocycles. The number of allylic oxidation sites excluding steroid dienone is 4. The maximum absolute atomic E-state index is 5.35. The van der Waals surface area contributed by atoms with Crippen molar-refractivity contribution in [2.24, 2.45) is 0 Å². The third kappa shape index (κ3) is 0.985. The molecule has 3 rings (SSSR count). The highest BCUT2D eigenvalue weighted by atomic mass is 79.9. The summed E-state index contributed by atoms with van der Waals surface area (Å²) in [6, 6.07) is 2.04. The lowest BCUT2D eigenvalue weighted by atomic mass is 10.0. The molecule has 0 aliphatic heterocycles. The lowest BCUT2D eigenvalue weighted by molar-refractivity contribution is 0.532. The molecule has 0 spiro atoms. The first-order valence-corrected chi connectivity index (χ1v) is 4.99. The molecule has 1 nitrogen and oxygen atoms in total. The predicted octanol–water partition coefficient (Wildman–Crippen LogP) is 1.83. The fraction of sp³-hybridized carbons (Fsp3) is 0.0909. The van der Waals surface area contributed by atoms with Gasteiger partial charge in [-0.3, -0.25) is 0 Å². The van der Waals surface area contributed by atoms with Crippen molar-refractivity contribution in [2.75, 3.05) is 0 Å². The summed E-state index contributed by atoms with van der Waals surface area (Å²) in [4.78, 5) is 0. The van der Waals surface area contributed by atoms with Crippen LogP contribution < -0.4 is 10.6 Å². The largest absolute Gasteiger partial charge is 0.464 e. The Morgan fingerprint density at radius 3 is 3.15 bits per heavy atom. The third-order valence-electron chi connectivity index (χ3n) is 2.44. The summed E-state index contributed by atoms with van der Waals surface area (Å²) < 4.78 is 6.58. The van der Waals surface area contributed by atoms with Crippen molar-refractivity contribution >= 4 is 27.6 Å². The smallest absolute Gasteiger partial charge is 0.134 e. The number of hydrogen-bond acceptors (Lipinski definition) is 1. The average molecular weight is 235 g/mol. The molecular formula is C11H7BrO. The summed E-state index contributed by atoms with van der Waals surface area (Å²) in [5.41, 5.74) is 3.66. The molecule has 0 N–H and O–H groups in total. The Hall–Kier alpha value is -1.02. The zero-order chi connectivity index (χ0) is 8.84. The maximum atomic E-state index is 5.35. The van der Waals surface area contributed by atoms with Gasteiger partial charge in [-0.1, -0.05) is 28.1 Å². The first kappa shape index (κ1) is 7.39. The Labute approximate surface area is 83.9 Å². The SMILES string of the molecule is BrC1=CC=C2C=c3occc3=C2C1. The molecule has 0 saturated carbocycles. The van der Waals surface area contributed by atoms with Crippen LogP contribution in [0, 0.1) is 0 Å². The average Bonchev–Trinajstić information content (AvgIpc) is 2.64. The fourth-order valence-electron chi connectivity index (χ4n) is 1.82. The van der Waals surface area contributed by atoms with Crippen LogP contribution >= 0.6 is 15.9 Å². The standard InChI is InChI=1S/C11H7BrO/c12-8-2-1-7-5-11-9(3-4-13-11)10(7)6-8/h1-5H,6H2. The molecule has 0 bridgehead atoms. The van der Waals surface area contributed by atoms with Crippen LogP contribution in [-0.2, 0) is 0 Å². The van der Waals surface area contributed by atoms with E-state index in [4.69, 9.17) is 4.42 Å². The van der Waals surface area contributed by atoms with Crippen LogP contribution in [0.2, 0.25) is 0 Å². The Morgan fingerprint density at radius 2 is 2.23 bits per heavy atom. The van der Waals surface area contributed by atoms with E-state index < -0.39 is 0 Å². The van der Waals surface area contributed by atoms with Gasteiger partial charge in [0.25, 0.3) is 0 Å². The lowest BCUT2D eigenvalue weighted by Gasteiger charge is -2.08. The molecule has 0 amide bonds. The van der Waals surface area contributed by atoms with E-state index in [1.54, 1.807) is 6.26 Å². The Kier molecular flexibility index (Phi) is 1.41. The van der Waals surface area contributed by atoms with E-state index in [1.165, 1.54) is 20.8 Å². The van der Waals surface area contributed by atoms with E-state index in [0.29, 0.717) is 0 Å². The molecule has 0 atom stereocenters. The van der Waals surface area contributed by atoms with Crippen LogP contribution in [0.4, 0.5) is 0 Å². The molecule has 2 aliphatic rings. The van der Waals surface area contributed by atoms with Crippen LogP contribution in [0.15, 0.2) is 39.0 Å². The Morgan fingerprint density at radius 1 is 1.31 bits per heavy atom. The maximum Gasteiger partial charge on any atom is 0.134 e. The zero-order valence-corrected chi connectivity index (χ0v) is 8.47. The Bertz CT molecular complexity index is 543. The minimum absolute atomic E-state index is 0.981. The highest BCUT2D eigenvalue weighted by molar-refractivity contribution is 9.11. The van der Waals surface area contributed by atoms with Crippen molar-refractivity contribution < 1.29 is 4.42 Å². The normalized spacial score (nSPS) is 18.7. The van der Waals surface area contributed by atoms with E-state index in [9.17, 15) is 0 Å². The van der Waals surface area contributed by atoms with Gasteiger partial charge < -0.3 is 4.42 Å². The second-order valence-corrected chi connectivity index (χ2v) is 4.25. The molecule has 13 heavy (non-hydrogen) atoms. The fourth-order valence-corrected chi connectivity index (χ4v) is 2.23. The van der Waals surface area contributed by atoms with Crippen molar-refractivity contribution in [3.63, 3.8) is 0 Å². The first-order valence-electron chi connectivity index (χ1n) is 4.20. The van der Waals surface area contributed by atoms with Gasteiger partial charge in [-0.2, -0.15) is 0 Å². The molecule has 1 aromatic heterocycles. The quantitative estimate of drug-likeness (QED) is 0.668. The molecule has 0 radical (unpaired) electrons. The number of fused-ring (bicyclic) bond motifs is 2. The predicted molar refractivity (Wildman–Crippen MR) is 55.5 cm³/mol. The molecule has 0 aromatic carbocycles. The number of halogens is 1. The highest BCUT2D eigenvalue weighted by Gasteiger charge is 2.15. The van der Waals surface area contributed by atoms with E-state index in [1.807, 2.05) is 6.07 Å². The minimum atomic E-state index is 0.981. The summed E-state index contributed by atoms with van der Waals surface area (Å²) in [6.07, 6.45) is 9.05. The molecule has 0 fully saturated rings. The monoisotopic (exact) mass is 234 g/mol. The van der Waals surface area contributed by atoms with Crippen molar-refractivity contribution in [1.82, 2.24) is 0 Å². The van der Waals surface area contributed by atoms with Crippen LogP contribution in [0.3, 0.4) is 0 Å². The number of rotatable bonds is 0. The second-order valence-electron chi connectivity index (χ2n) is 3.23. The van der Waals surface area contributed by atoms with E-state index in [-0.39, 0.29) is 0 Å². The van der Waals surface area contributed by atoms with Gasteiger partial charge >= 0.3 is 0 Å². The van der Waals surface area contributed by atoms with Crippen molar-refractivity contribution in [2.45, 2.75) is 6.42 Å². The number of hydrogen-bond donors (Lipinski definition) is 0. The van der Waals surface area contributed by atoms with Gasteiger partial charge in [0.15, 0.2) is 0 Å². The summed E-state index contributed by atoms with van der Waals surface area (Å²) in [5, 5.41) is 1.25. The van der Waals surface area contributed by atoms with E-state index in [0.717, 1.165) is 11.8 Å². The first-order chi connectivity index (χ1) is 6.34.